The Labute approximate surface area is 326 Å². The molecule has 10 aromatic rings. The van der Waals surface area contributed by atoms with Crippen LogP contribution in [0.2, 0.25) is 0 Å². The van der Waals surface area contributed by atoms with Crippen LogP contribution in [0.15, 0.2) is 212 Å². The van der Waals surface area contributed by atoms with Gasteiger partial charge in [-0.25, -0.2) is 15.0 Å². The van der Waals surface area contributed by atoms with Crippen LogP contribution in [-0.2, 0) is 0 Å². The minimum absolute atomic E-state index is 0.900. The minimum atomic E-state index is 0.900. The molecule has 0 saturated carbocycles. The van der Waals surface area contributed by atoms with E-state index in [2.05, 4.69) is 194 Å². The molecule has 3 aromatic heterocycles. The average Bonchev–Trinajstić information content (AvgIpc) is 3.29. The van der Waals surface area contributed by atoms with E-state index in [9.17, 15) is 0 Å². The third-order valence-electron chi connectivity index (χ3n) is 10.5. The Hall–Kier alpha value is -7.49. The van der Waals surface area contributed by atoms with Crippen molar-refractivity contribution in [2.45, 2.75) is 0 Å². The lowest BCUT2D eigenvalue weighted by molar-refractivity contribution is 1.32. The second-order valence-corrected chi connectivity index (χ2v) is 14.0. The van der Waals surface area contributed by atoms with Crippen LogP contribution in [0, 0.1) is 0 Å². The van der Waals surface area contributed by atoms with Gasteiger partial charge in [-0.1, -0.05) is 188 Å². The summed E-state index contributed by atoms with van der Waals surface area (Å²) in [6.07, 6.45) is 0. The first kappa shape index (κ1) is 33.1. The number of hydrogen-bond acceptors (Lipinski definition) is 3. The minimum Gasteiger partial charge on any atom is -0.248 e. The molecule has 0 aliphatic rings. The molecule has 3 heterocycles. The van der Waals surface area contributed by atoms with E-state index in [-0.39, 0.29) is 0 Å². The van der Waals surface area contributed by atoms with Crippen LogP contribution in [0.3, 0.4) is 0 Å². The molecule has 3 heteroatoms. The summed E-state index contributed by atoms with van der Waals surface area (Å²) in [6, 6.07) is 74.5. The Bertz CT molecular complexity index is 2900. The van der Waals surface area contributed by atoms with Crippen LogP contribution >= 0.6 is 0 Å². The molecule has 0 atom stereocenters. The molecule has 262 valence electrons. The van der Waals surface area contributed by atoms with Crippen LogP contribution in [-0.4, -0.2) is 15.0 Å². The van der Waals surface area contributed by atoms with Gasteiger partial charge in [0.25, 0.3) is 0 Å². The van der Waals surface area contributed by atoms with E-state index in [1.807, 2.05) is 18.2 Å². The molecule has 10 rings (SSSR count). The maximum Gasteiger partial charge on any atom is 0.0978 e. The second-order valence-electron chi connectivity index (χ2n) is 14.0. The van der Waals surface area contributed by atoms with Crippen molar-refractivity contribution in [2.24, 2.45) is 0 Å². The number of fused-ring (bicyclic) bond motifs is 3. The second kappa shape index (κ2) is 14.4. The number of pyridine rings is 3. The number of rotatable bonds is 7. The van der Waals surface area contributed by atoms with E-state index in [1.54, 1.807) is 0 Å². The Morgan fingerprint density at radius 2 is 0.625 bits per heavy atom. The van der Waals surface area contributed by atoms with Gasteiger partial charge in [-0.3, -0.25) is 0 Å². The fourth-order valence-corrected chi connectivity index (χ4v) is 7.54. The largest absolute Gasteiger partial charge is 0.248 e. The van der Waals surface area contributed by atoms with E-state index in [0.29, 0.717) is 0 Å². The topological polar surface area (TPSA) is 38.7 Å². The predicted molar refractivity (Wildman–Crippen MR) is 233 cm³/mol. The van der Waals surface area contributed by atoms with E-state index in [0.717, 1.165) is 94.7 Å². The van der Waals surface area contributed by atoms with Crippen LogP contribution in [0.5, 0.6) is 0 Å². The third-order valence-corrected chi connectivity index (χ3v) is 10.5. The normalized spacial score (nSPS) is 11.2. The first-order chi connectivity index (χ1) is 27.7. The zero-order chi connectivity index (χ0) is 37.3. The van der Waals surface area contributed by atoms with Gasteiger partial charge in [0.2, 0.25) is 0 Å². The molecular weight excluding hydrogens is 679 g/mol. The van der Waals surface area contributed by atoms with Gasteiger partial charge < -0.3 is 0 Å². The summed E-state index contributed by atoms with van der Waals surface area (Å²) in [5.74, 6) is 0. The molecule has 0 amide bonds. The van der Waals surface area contributed by atoms with Crippen LogP contribution in [0.1, 0.15) is 0 Å². The molecule has 56 heavy (non-hydrogen) atoms. The smallest absolute Gasteiger partial charge is 0.0978 e. The fraction of sp³-hybridized carbons (Fsp3) is 0. The maximum absolute atomic E-state index is 5.27. The summed E-state index contributed by atoms with van der Waals surface area (Å²) in [7, 11) is 0. The molecule has 3 nitrogen and oxygen atoms in total. The first-order valence-corrected chi connectivity index (χ1v) is 18.9. The number of nitrogens with zero attached hydrogens (tertiary/aromatic N) is 3. The summed E-state index contributed by atoms with van der Waals surface area (Å²) in [5, 5.41) is 2.14. The Morgan fingerprint density at radius 3 is 1.18 bits per heavy atom. The van der Waals surface area contributed by atoms with Gasteiger partial charge in [-0.05, 0) is 57.6 Å². The molecular formula is C53H35N3. The maximum atomic E-state index is 5.27. The van der Waals surface area contributed by atoms with E-state index < -0.39 is 0 Å². The lowest BCUT2D eigenvalue weighted by Gasteiger charge is -2.14. The predicted octanol–water partition coefficient (Wildman–Crippen LogP) is 13.8. The zero-order valence-corrected chi connectivity index (χ0v) is 30.5. The summed E-state index contributed by atoms with van der Waals surface area (Å²) in [4.78, 5) is 15.6. The molecule has 0 aliphatic carbocycles. The highest BCUT2D eigenvalue weighted by atomic mass is 14.8. The summed E-state index contributed by atoms with van der Waals surface area (Å²) in [5.41, 5.74) is 16.8. The fourth-order valence-electron chi connectivity index (χ4n) is 7.54. The summed E-state index contributed by atoms with van der Waals surface area (Å²) >= 11 is 0. The molecule has 0 N–H and O–H groups in total. The highest BCUT2D eigenvalue weighted by Crippen LogP contribution is 2.37. The Balaban J connectivity index is 1.02. The highest BCUT2D eigenvalue weighted by molar-refractivity contribution is 6.09. The van der Waals surface area contributed by atoms with Gasteiger partial charge in [0.15, 0.2) is 0 Å². The first-order valence-electron chi connectivity index (χ1n) is 18.9. The van der Waals surface area contributed by atoms with E-state index in [4.69, 9.17) is 15.0 Å². The standard InChI is InChI=1S/C53H35N3/c1-5-13-36(14-6-1)45-33-49(41-17-9-3-10-18-41)54-50(34-45)43-27-23-38(24-28-43)37-21-25-39(26-22-37)47-35-51(42-19-11-4-12-20-42)56-53-46(47)31-29-44-30-32-48(55-52(44)53)40-15-7-2-8-16-40/h1-35H. The van der Waals surface area contributed by atoms with Gasteiger partial charge in [0, 0.05) is 33.0 Å². The number of aromatic nitrogens is 3. The van der Waals surface area contributed by atoms with Crippen molar-refractivity contribution in [2.75, 3.05) is 0 Å². The van der Waals surface area contributed by atoms with Gasteiger partial charge in [-0.2, -0.15) is 0 Å². The van der Waals surface area contributed by atoms with E-state index in [1.165, 1.54) is 5.56 Å². The van der Waals surface area contributed by atoms with Crippen LogP contribution in [0.4, 0.5) is 0 Å². The van der Waals surface area contributed by atoms with Crippen LogP contribution < -0.4 is 0 Å². The average molecular weight is 714 g/mol. The van der Waals surface area contributed by atoms with Crippen molar-refractivity contribution in [3.63, 3.8) is 0 Å². The van der Waals surface area contributed by atoms with Crippen molar-refractivity contribution in [1.29, 1.82) is 0 Å². The molecule has 0 spiro atoms. The number of hydrogen-bond donors (Lipinski definition) is 0. The third kappa shape index (κ3) is 6.42. The monoisotopic (exact) mass is 713 g/mol. The van der Waals surface area contributed by atoms with Crippen molar-refractivity contribution < 1.29 is 0 Å². The SMILES string of the molecule is c1ccc(-c2cc(-c3ccccc3)nc(-c3ccc(-c4ccc(-c5cc(-c6ccccc6)nc6c5ccc5ccc(-c7ccccc7)nc56)cc4)cc3)c2)cc1. The molecule has 0 bridgehead atoms. The molecule has 7 aromatic carbocycles. The molecule has 0 saturated heterocycles. The van der Waals surface area contributed by atoms with Gasteiger partial charge in [0.05, 0.1) is 33.8 Å². The van der Waals surface area contributed by atoms with Crippen molar-refractivity contribution in [1.82, 2.24) is 15.0 Å². The highest BCUT2D eigenvalue weighted by Gasteiger charge is 2.15. The van der Waals surface area contributed by atoms with Gasteiger partial charge >= 0.3 is 0 Å². The van der Waals surface area contributed by atoms with Gasteiger partial charge in [-0.15, -0.1) is 0 Å². The zero-order valence-electron chi connectivity index (χ0n) is 30.5. The summed E-state index contributed by atoms with van der Waals surface area (Å²) < 4.78 is 0. The summed E-state index contributed by atoms with van der Waals surface area (Å²) in [6.45, 7) is 0. The number of benzene rings is 7. The van der Waals surface area contributed by atoms with Gasteiger partial charge in [0.1, 0.15) is 0 Å². The molecule has 0 unspecified atom stereocenters. The Morgan fingerprint density at radius 1 is 0.232 bits per heavy atom. The lowest BCUT2D eigenvalue weighted by Crippen LogP contribution is -1.94. The van der Waals surface area contributed by atoms with Crippen molar-refractivity contribution >= 4 is 21.8 Å². The molecule has 0 radical (unpaired) electrons. The molecule has 0 fully saturated rings. The van der Waals surface area contributed by atoms with Crippen molar-refractivity contribution in [3.05, 3.63) is 212 Å². The molecule has 0 aliphatic heterocycles. The Kier molecular flexibility index (Phi) is 8.51. The quantitative estimate of drug-likeness (QED) is 0.154. The van der Waals surface area contributed by atoms with Crippen molar-refractivity contribution in [3.8, 4) is 78.4 Å². The van der Waals surface area contributed by atoms with E-state index >= 15 is 0 Å². The van der Waals surface area contributed by atoms with Crippen LogP contribution in [0.25, 0.3) is 100 Å². The lowest BCUT2D eigenvalue weighted by atomic mass is 9.94.